The highest BCUT2D eigenvalue weighted by Gasteiger charge is 2.44. The van der Waals surface area contributed by atoms with Crippen LogP contribution in [0.4, 0.5) is 4.79 Å². The molecule has 136 valence electrons. The molecule has 0 radical (unpaired) electrons. The summed E-state index contributed by atoms with van der Waals surface area (Å²) in [7, 11) is 1.35. The molecule has 0 spiro atoms. The molecule has 2 aromatic rings. The number of aryl methyl sites for hydroxylation is 1. The van der Waals surface area contributed by atoms with E-state index in [1.54, 1.807) is 0 Å². The maximum atomic E-state index is 12.6. The van der Waals surface area contributed by atoms with Crippen LogP contribution in [0.3, 0.4) is 0 Å². The molecule has 5 heteroatoms. The lowest BCUT2D eigenvalue weighted by atomic mass is 9.89. The lowest BCUT2D eigenvalue weighted by molar-refractivity contribution is -0.145. The number of likely N-dealkylation sites (tertiary alicyclic amines) is 1. The van der Waals surface area contributed by atoms with Crippen molar-refractivity contribution in [3.05, 3.63) is 71.3 Å². The van der Waals surface area contributed by atoms with Gasteiger partial charge < -0.3 is 9.47 Å². The fourth-order valence-electron chi connectivity index (χ4n) is 3.54. The first kappa shape index (κ1) is 18.0. The van der Waals surface area contributed by atoms with Crippen molar-refractivity contribution in [2.75, 3.05) is 13.7 Å². The van der Waals surface area contributed by atoms with Crippen molar-refractivity contribution in [1.29, 1.82) is 0 Å². The summed E-state index contributed by atoms with van der Waals surface area (Å²) < 4.78 is 10.4. The Balaban J connectivity index is 1.77. The molecule has 0 saturated carbocycles. The van der Waals surface area contributed by atoms with Crippen LogP contribution in [0, 0.1) is 6.92 Å². The zero-order chi connectivity index (χ0) is 18.5. The van der Waals surface area contributed by atoms with E-state index >= 15 is 0 Å². The Bertz CT molecular complexity index is 775. The molecule has 26 heavy (non-hydrogen) atoms. The van der Waals surface area contributed by atoms with E-state index < -0.39 is 18.1 Å². The van der Waals surface area contributed by atoms with Gasteiger partial charge in [-0.3, -0.25) is 4.90 Å². The second-order valence-electron chi connectivity index (χ2n) is 6.45. The Morgan fingerprint density at radius 1 is 1.08 bits per heavy atom. The summed E-state index contributed by atoms with van der Waals surface area (Å²) in [6.45, 7) is 2.66. The van der Waals surface area contributed by atoms with Gasteiger partial charge in [0.15, 0.2) is 0 Å². The third-order valence-corrected chi connectivity index (χ3v) is 4.87. The Labute approximate surface area is 153 Å². The van der Waals surface area contributed by atoms with Crippen LogP contribution in [0.15, 0.2) is 54.6 Å². The quantitative estimate of drug-likeness (QED) is 0.787. The van der Waals surface area contributed by atoms with Crippen molar-refractivity contribution in [1.82, 2.24) is 4.90 Å². The summed E-state index contributed by atoms with van der Waals surface area (Å²) in [6.07, 6.45) is 0.214. The predicted molar refractivity (Wildman–Crippen MR) is 97.7 cm³/mol. The number of esters is 1. The summed E-state index contributed by atoms with van der Waals surface area (Å²) in [5.74, 6) is -0.500. The van der Waals surface area contributed by atoms with Gasteiger partial charge >= 0.3 is 12.1 Å². The van der Waals surface area contributed by atoms with Crippen molar-refractivity contribution in [3.8, 4) is 0 Å². The van der Waals surface area contributed by atoms with Crippen LogP contribution in [0.25, 0.3) is 0 Å². The molecule has 2 unspecified atom stereocenters. The van der Waals surface area contributed by atoms with E-state index in [1.807, 2.05) is 61.5 Å². The zero-order valence-electron chi connectivity index (χ0n) is 15.1. The number of ether oxygens (including phenoxy) is 2. The van der Waals surface area contributed by atoms with E-state index in [9.17, 15) is 9.59 Å². The molecule has 1 heterocycles. The van der Waals surface area contributed by atoms with Crippen molar-refractivity contribution in [2.24, 2.45) is 0 Å². The Hall–Kier alpha value is -2.82. The zero-order valence-corrected chi connectivity index (χ0v) is 15.1. The van der Waals surface area contributed by atoms with E-state index in [1.165, 1.54) is 12.0 Å². The van der Waals surface area contributed by atoms with Gasteiger partial charge in [-0.05, 0) is 30.0 Å². The fraction of sp³-hybridized carbons (Fsp3) is 0.333. The SMILES string of the molecule is COC(=O)C1C(c2ccccc2C)CCN1C(=O)OCc1ccccc1. The monoisotopic (exact) mass is 353 g/mol. The minimum Gasteiger partial charge on any atom is -0.467 e. The second kappa shape index (κ2) is 8.04. The molecular formula is C21H23NO4. The molecular weight excluding hydrogens is 330 g/mol. The Morgan fingerprint density at radius 3 is 2.46 bits per heavy atom. The van der Waals surface area contributed by atoms with Gasteiger partial charge in [-0.15, -0.1) is 0 Å². The normalized spacial score (nSPS) is 19.2. The van der Waals surface area contributed by atoms with Crippen molar-refractivity contribution < 1.29 is 19.1 Å². The van der Waals surface area contributed by atoms with Gasteiger partial charge in [0, 0.05) is 12.5 Å². The number of rotatable bonds is 4. The highest BCUT2D eigenvalue weighted by molar-refractivity contribution is 5.83. The molecule has 0 bridgehead atoms. The van der Waals surface area contributed by atoms with Crippen molar-refractivity contribution in [2.45, 2.75) is 31.9 Å². The van der Waals surface area contributed by atoms with Crippen LogP contribution < -0.4 is 0 Å². The van der Waals surface area contributed by atoms with E-state index in [4.69, 9.17) is 9.47 Å². The highest BCUT2D eigenvalue weighted by atomic mass is 16.6. The third-order valence-electron chi connectivity index (χ3n) is 4.87. The molecule has 1 fully saturated rings. The first-order valence-electron chi connectivity index (χ1n) is 8.72. The molecule has 1 amide bonds. The van der Waals surface area contributed by atoms with Gasteiger partial charge in [-0.1, -0.05) is 54.6 Å². The molecule has 3 rings (SSSR count). The van der Waals surface area contributed by atoms with Crippen molar-refractivity contribution >= 4 is 12.1 Å². The average Bonchev–Trinajstić information content (AvgIpc) is 3.11. The number of carbonyl (C=O) groups excluding carboxylic acids is 2. The molecule has 1 saturated heterocycles. The van der Waals surface area contributed by atoms with Crippen LogP contribution in [0.2, 0.25) is 0 Å². The van der Waals surface area contributed by atoms with Crippen LogP contribution in [0.1, 0.15) is 29.0 Å². The van der Waals surface area contributed by atoms with Gasteiger partial charge in [0.05, 0.1) is 7.11 Å². The number of benzene rings is 2. The molecule has 2 atom stereocenters. The van der Waals surface area contributed by atoms with Gasteiger partial charge in [0.25, 0.3) is 0 Å². The summed E-state index contributed by atoms with van der Waals surface area (Å²) in [6, 6.07) is 16.8. The second-order valence-corrected chi connectivity index (χ2v) is 6.45. The number of amides is 1. The van der Waals surface area contributed by atoms with Crippen LogP contribution >= 0.6 is 0 Å². The molecule has 1 aliphatic heterocycles. The molecule has 0 N–H and O–H groups in total. The Kier molecular flexibility index (Phi) is 5.56. The third kappa shape index (κ3) is 3.72. The van der Waals surface area contributed by atoms with Gasteiger partial charge in [-0.2, -0.15) is 0 Å². The van der Waals surface area contributed by atoms with Crippen LogP contribution in [0.5, 0.6) is 0 Å². The van der Waals surface area contributed by atoms with Gasteiger partial charge in [0.1, 0.15) is 12.6 Å². The number of nitrogens with zero attached hydrogens (tertiary/aromatic N) is 1. The first-order valence-corrected chi connectivity index (χ1v) is 8.72. The fourth-order valence-corrected chi connectivity index (χ4v) is 3.54. The number of carbonyl (C=O) groups is 2. The Morgan fingerprint density at radius 2 is 1.77 bits per heavy atom. The standard InChI is InChI=1S/C21H23NO4/c1-15-8-6-7-11-17(15)18-12-13-22(19(18)20(23)25-2)21(24)26-14-16-9-4-3-5-10-16/h3-11,18-19H,12-14H2,1-2H3. The van der Waals surface area contributed by atoms with Crippen molar-refractivity contribution in [3.63, 3.8) is 0 Å². The number of hydrogen-bond acceptors (Lipinski definition) is 4. The summed E-state index contributed by atoms with van der Waals surface area (Å²) >= 11 is 0. The van der Waals surface area contributed by atoms with E-state index in [2.05, 4.69) is 0 Å². The largest absolute Gasteiger partial charge is 0.467 e. The average molecular weight is 353 g/mol. The maximum Gasteiger partial charge on any atom is 0.410 e. The van der Waals surface area contributed by atoms with Gasteiger partial charge in [0.2, 0.25) is 0 Å². The van der Waals surface area contributed by atoms with E-state index in [0.717, 1.165) is 16.7 Å². The predicted octanol–water partition coefficient (Wildman–Crippen LogP) is 3.66. The topological polar surface area (TPSA) is 55.8 Å². The lowest BCUT2D eigenvalue weighted by Gasteiger charge is -2.26. The molecule has 2 aromatic carbocycles. The smallest absolute Gasteiger partial charge is 0.410 e. The first-order chi connectivity index (χ1) is 12.6. The van der Waals surface area contributed by atoms with E-state index in [-0.39, 0.29) is 12.5 Å². The number of hydrogen-bond donors (Lipinski definition) is 0. The minimum atomic E-state index is -0.663. The molecule has 1 aliphatic rings. The summed E-state index contributed by atoms with van der Waals surface area (Å²) in [5, 5.41) is 0. The highest BCUT2D eigenvalue weighted by Crippen LogP contribution is 2.36. The molecule has 0 aromatic heterocycles. The summed E-state index contributed by atoms with van der Waals surface area (Å²) in [5.41, 5.74) is 3.08. The van der Waals surface area contributed by atoms with Crippen LogP contribution in [-0.4, -0.2) is 36.7 Å². The lowest BCUT2D eigenvalue weighted by Crippen LogP contribution is -2.43. The molecule has 0 aliphatic carbocycles. The van der Waals surface area contributed by atoms with E-state index in [0.29, 0.717) is 13.0 Å². The minimum absolute atomic E-state index is 0.0899. The van der Waals surface area contributed by atoms with Gasteiger partial charge in [-0.25, -0.2) is 9.59 Å². The molecule has 5 nitrogen and oxygen atoms in total. The van der Waals surface area contributed by atoms with Crippen LogP contribution in [-0.2, 0) is 20.9 Å². The maximum absolute atomic E-state index is 12.6. The summed E-state index contributed by atoms with van der Waals surface area (Å²) in [4.78, 5) is 26.5. The number of methoxy groups -OCH3 is 1.